The van der Waals surface area contributed by atoms with E-state index in [1.165, 1.54) is 20.3 Å². The van der Waals surface area contributed by atoms with Gasteiger partial charge < -0.3 is 15.2 Å². The first-order chi connectivity index (χ1) is 11.0. The molecule has 1 unspecified atom stereocenters. The molecule has 23 heavy (non-hydrogen) atoms. The van der Waals surface area contributed by atoms with Gasteiger partial charge >= 0.3 is 0 Å². The third-order valence-corrected chi connectivity index (χ3v) is 3.89. The first kappa shape index (κ1) is 17.5. The zero-order valence-corrected chi connectivity index (χ0v) is 13.7. The van der Waals surface area contributed by atoms with Crippen LogP contribution in [-0.2, 0) is 6.42 Å². The number of benzene rings is 2. The van der Waals surface area contributed by atoms with E-state index in [2.05, 4.69) is 0 Å². The molecule has 6 heteroatoms. The summed E-state index contributed by atoms with van der Waals surface area (Å²) in [5.74, 6) is -0.425. The molecule has 0 spiro atoms. The Labute approximate surface area is 139 Å². The van der Waals surface area contributed by atoms with Crippen LogP contribution < -0.4 is 15.2 Å². The summed E-state index contributed by atoms with van der Waals surface area (Å²) >= 11 is 6.09. The minimum Gasteiger partial charge on any atom is -0.493 e. The average molecular weight is 342 g/mol. The lowest BCUT2D eigenvalue weighted by molar-refractivity contribution is 0.351. The van der Waals surface area contributed by atoms with Gasteiger partial charge in [0.05, 0.1) is 14.2 Å². The summed E-state index contributed by atoms with van der Waals surface area (Å²) in [6, 6.07) is 6.69. The standard InChI is InChI=1S/C17H18ClF2NO2/c1-22-16-7-12(18)6-10(17(16)23-2)5-11(9-21)14-8-13(19)3-4-15(14)20/h3-4,6-8,11H,5,9,21H2,1-2H3. The summed E-state index contributed by atoms with van der Waals surface area (Å²) in [5.41, 5.74) is 6.73. The van der Waals surface area contributed by atoms with Gasteiger partial charge in [-0.25, -0.2) is 8.78 Å². The highest BCUT2D eigenvalue weighted by atomic mass is 35.5. The molecule has 3 nitrogen and oxygen atoms in total. The van der Waals surface area contributed by atoms with Crippen LogP contribution in [0.2, 0.25) is 5.02 Å². The van der Waals surface area contributed by atoms with E-state index in [0.717, 1.165) is 17.7 Å². The van der Waals surface area contributed by atoms with Gasteiger partial charge in [-0.3, -0.25) is 0 Å². The summed E-state index contributed by atoms with van der Waals surface area (Å²) in [7, 11) is 3.01. The Morgan fingerprint density at radius 2 is 1.87 bits per heavy atom. The number of methoxy groups -OCH3 is 2. The van der Waals surface area contributed by atoms with E-state index < -0.39 is 17.6 Å². The number of halogens is 3. The molecule has 124 valence electrons. The average Bonchev–Trinajstić information content (AvgIpc) is 2.54. The molecule has 2 aromatic carbocycles. The lowest BCUT2D eigenvalue weighted by Crippen LogP contribution is -2.17. The van der Waals surface area contributed by atoms with Gasteiger partial charge in [-0.05, 0) is 42.8 Å². The van der Waals surface area contributed by atoms with Crippen LogP contribution in [0, 0.1) is 11.6 Å². The van der Waals surface area contributed by atoms with Crippen LogP contribution in [0.1, 0.15) is 17.0 Å². The molecule has 0 heterocycles. The highest BCUT2D eigenvalue weighted by Gasteiger charge is 2.20. The van der Waals surface area contributed by atoms with E-state index in [1.807, 2.05) is 0 Å². The monoisotopic (exact) mass is 341 g/mol. The van der Waals surface area contributed by atoms with Gasteiger partial charge in [0, 0.05) is 22.6 Å². The molecule has 0 aliphatic rings. The Hall–Kier alpha value is -1.85. The summed E-state index contributed by atoms with van der Waals surface area (Å²) < 4.78 is 38.1. The maximum Gasteiger partial charge on any atom is 0.164 e. The molecule has 0 aliphatic carbocycles. The fraction of sp³-hybridized carbons (Fsp3) is 0.294. The first-order valence-corrected chi connectivity index (χ1v) is 7.43. The summed E-state index contributed by atoms with van der Waals surface area (Å²) in [5, 5.41) is 0.466. The molecule has 0 bridgehead atoms. The highest BCUT2D eigenvalue weighted by molar-refractivity contribution is 6.30. The van der Waals surface area contributed by atoms with Gasteiger partial charge in [-0.1, -0.05) is 11.6 Å². The molecule has 2 aromatic rings. The summed E-state index contributed by atoms with van der Waals surface area (Å²) in [6.45, 7) is 0.151. The molecular formula is C17H18ClF2NO2. The minimum atomic E-state index is -0.504. The molecule has 2 N–H and O–H groups in total. The van der Waals surface area contributed by atoms with Crippen molar-refractivity contribution in [2.45, 2.75) is 12.3 Å². The van der Waals surface area contributed by atoms with Crippen LogP contribution >= 0.6 is 11.6 Å². The zero-order chi connectivity index (χ0) is 17.0. The van der Waals surface area contributed by atoms with Gasteiger partial charge in [0.1, 0.15) is 11.6 Å². The van der Waals surface area contributed by atoms with Gasteiger partial charge in [-0.2, -0.15) is 0 Å². The maximum absolute atomic E-state index is 14.0. The second kappa shape index (κ2) is 7.62. The lowest BCUT2D eigenvalue weighted by atomic mass is 9.91. The number of ether oxygens (including phenoxy) is 2. The highest BCUT2D eigenvalue weighted by Crippen LogP contribution is 2.37. The fourth-order valence-electron chi connectivity index (χ4n) is 2.57. The van der Waals surface area contributed by atoms with Crippen LogP contribution in [0.4, 0.5) is 8.78 Å². The fourth-order valence-corrected chi connectivity index (χ4v) is 2.80. The van der Waals surface area contributed by atoms with E-state index in [1.54, 1.807) is 12.1 Å². The third-order valence-electron chi connectivity index (χ3n) is 3.67. The van der Waals surface area contributed by atoms with E-state index in [9.17, 15) is 8.78 Å². The SMILES string of the molecule is COc1cc(Cl)cc(CC(CN)c2cc(F)ccc2F)c1OC. The molecule has 0 saturated carbocycles. The Balaban J connectivity index is 2.43. The van der Waals surface area contributed by atoms with Crippen LogP contribution in [0.15, 0.2) is 30.3 Å². The van der Waals surface area contributed by atoms with E-state index in [-0.39, 0.29) is 12.1 Å². The molecule has 0 radical (unpaired) electrons. The predicted octanol–water partition coefficient (Wildman–Crippen LogP) is 3.92. The van der Waals surface area contributed by atoms with Crippen molar-refractivity contribution in [3.8, 4) is 11.5 Å². The number of rotatable bonds is 6. The second-order valence-electron chi connectivity index (χ2n) is 5.10. The summed E-state index contributed by atoms with van der Waals surface area (Å²) in [6.07, 6.45) is 0.344. The topological polar surface area (TPSA) is 44.5 Å². The normalized spacial score (nSPS) is 12.1. The molecule has 0 saturated heterocycles. The molecule has 2 rings (SSSR count). The van der Waals surface area contributed by atoms with Crippen molar-refractivity contribution in [1.29, 1.82) is 0 Å². The van der Waals surface area contributed by atoms with Crippen molar-refractivity contribution >= 4 is 11.6 Å². The van der Waals surface area contributed by atoms with Crippen molar-refractivity contribution in [3.63, 3.8) is 0 Å². The van der Waals surface area contributed by atoms with Crippen LogP contribution in [-0.4, -0.2) is 20.8 Å². The molecule has 0 fully saturated rings. The molecule has 1 atom stereocenters. The van der Waals surface area contributed by atoms with Crippen molar-refractivity contribution in [2.75, 3.05) is 20.8 Å². The minimum absolute atomic E-state index is 0.151. The Morgan fingerprint density at radius 3 is 2.48 bits per heavy atom. The first-order valence-electron chi connectivity index (χ1n) is 7.05. The lowest BCUT2D eigenvalue weighted by Gasteiger charge is -2.19. The van der Waals surface area contributed by atoms with Crippen LogP contribution in [0.5, 0.6) is 11.5 Å². The van der Waals surface area contributed by atoms with Gasteiger partial charge in [-0.15, -0.1) is 0 Å². The number of hydrogen-bond donors (Lipinski definition) is 1. The van der Waals surface area contributed by atoms with Crippen molar-refractivity contribution < 1.29 is 18.3 Å². The Morgan fingerprint density at radius 1 is 1.13 bits per heavy atom. The Kier molecular flexibility index (Phi) is 5.80. The molecule has 0 aliphatic heterocycles. The van der Waals surface area contributed by atoms with Crippen LogP contribution in [0.3, 0.4) is 0 Å². The molecular weight excluding hydrogens is 324 g/mol. The van der Waals surface area contributed by atoms with Gasteiger partial charge in [0.25, 0.3) is 0 Å². The van der Waals surface area contributed by atoms with Crippen molar-refractivity contribution in [2.24, 2.45) is 5.73 Å². The quantitative estimate of drug-likeness (QED) is 0.866. The number of nitrogens with two attached hydrogens (primary N) is 1. The number of hydrogen-bond acceptors (Lipinski definition) is 3. The van der Waals surface area contributed by atoms with Crippen molar-refractivity contribution in [3.05, 3.63) is 58.1 Å². The molecule has 0 amide bonds. The maximum atomic E-state index is 14.0. The smallest absolute Gasteiger partial charge is 0.164 e. The Bertz CT molecular complexity index is 695. The van der Waals surface area contributed by atoms with Crippen LogP contribution in [0.25, 0.3) is 0 Å². The van der Waals surface area contributed by atoms with E-state index >= 15 is 0 Å². The summed E-state index contributed by atoms with van der Waals surface area (Å²) in [4.78, 5) is 0. The zero-order valence-electron chi connectivity index (χ0n) is 12.9. The van der Waals surface area contributed by atoms with Gasteiger partial charge in [0.15, 0.2) is 11.5 Å². The molecule has 0 aromatic heterocycles. The largest absolute Gasteiger partial charge is 0.493 e. The van der Waals surface area contributed by atoms with Gasteiger partial charge in [0.2, 0.25) is 0 Å². The van der Waals surface area contributed by atoms with Crippen molar-refractivity contribution in [1.82, 2.24) is 0 Å². The van der Waals surface area contributed by atoms with E-state index in [4.69, 9.17) is 26.8 Å². The predicted molar refractivity (Wildman–Crippen MR) is 86.4 cm³/mol. The van der Waals surface area contributed by atoms with E-state index in [0.29, 0.717) is 22.9 Å². The third kappa shape index (κ3) is 3.92. The second-order valence-corrected chi connectivity index (χ2v) is 5.54.